The summed E-state index contributed by atoms with van der Waals surface area (Å²) in [7, 11) is 0. The number of hydrogen-bond acceptors (Lipinski definition) is 3. The molecule has 0 fully saturated rings. The van der Waals surface area contributed by atoms with E-state index in [0.29, 0.717) is 0 Å². The van der Waals surface area contributed by atoms with E-state index in [-0.39, 0.29) is 24.2 Å². The van der Waals surface area contributed by atoms with Crippen molar-refractivity contribution in [3.8, 4) is 0 Å². The fraction of sp³-hybridized carbons (Fsp3) is 0.118. The Balaban J connectivity index is 1.73. The zero-order valence-corrected chi connectivity index (χ0v) is 13.3. The maximum atomic E-state index is 12.9. The van der Waals surface area contributed by atoms with E-state index in [0.717, 1.165) is 16.0 Å². The number of rotatable bonds is 5. The molecule has 0 spiro atoms. The van der Waals surface area contributed by atoms with Crippen LogP contribution in [0.5, 0.6) is 0 Å². The van der Waals surface area contributed by atoms with Gasteiger partial charge in [0.25, 0.3) is 0 Å². The van der Waals surface area contributed by atoms with E-state index in [1.54, 1.807) is 34.8 Å². The van der Waals surface area contributed by atoms with Gasteiger partial charge in [-0.2, -0.15) is 11.3 Å². The molecule has 3 aromatic rings. The summed E-state index contributed by atoms with van der Waals surface area (Å²) in [4.78, 5) is 13.4. The number of thiophene rings is 2. The average Bonchev–Trinajstić information content (AvgIpc) is 3.21. The molecule has 1 amide bonds. The smallest absolute Gasteiger partial charge is 0.225 e. The molecule has 5 heteroatoms. The number of halogens is 1. The Morgan fingerprint density at radius 3 is 2.59 bits per heavy atom. The van der Waals surface area contributed by atoms with Gasteiger partial charge in [0.1, 0.15) is 5.82 Å². The predicted octanol–water partition coefficient (Wildman–Crippen LogP) is 4.40. The highest BCUT2D eigenvalue weighted by molar-refractivity contribution is 7.10. The van der Waals surface area contributed by atoms with Crippen molar-refractivity contribution in [1.29, 1.82) is 0 Å². The molecule has 1 aromatic carbocycles. The minimum absolute atomic E-state index is 0.0730. The SMILES string of the molecule is O=C(Cc1ccc(F)cc1)NC(c1ccsc1)c1cccs1. The lowest BCUT2D eigenvalue weighted by molar-refractivity contribution is -0.120. The van der Waals surface area contributed by atoms with Crippen LogP contribution < -0.4 is 5.32 Å². The van der Waals surface area contributed by atoms with Crippen molar-refractivity contribution in [1.82, 2.24) is 5.32 Å². The van der Waals surface area contributed by atoms with E-state index in [9.17, 15) is 9.18 Å². The third-order valence-corrected chi connectivity index (χ3v) is 4.93. The first-order chi connectivity index (χ1) is 10.7. The van der Waals surface area contributed by atoms with E-state index in [1.807, 2.05) is 34.3 Å². The molecule has 3 rings (SSSR count). The predicted molar refractivity (Wildman–Crippen MR) is 88.7 cm³/mol. The molecule has 0 radical (unpaired) electrons. The van der Waals surface area contributed by atoms with Gasteiger partial charge in [-0.05, 0) is 51.5 Å². The summed E-state index contributed by atoms with van der Waals surface area (Å²) in [5, 5.41) is 9.12. The van der Waals surface area contributed by atoms with Crippen molar-refractivity contribution in [3.05, 3.63) is 80.4 Å². The number of amides is 1. The maximum absolute atomic E-state index is 12.9. The Bertz CT molecular complexity index is 686. The van der Waals surface area contributed by atoms with Crippen molar-refractivity contribution in [2.24, 2.45) is 0 Å². The van der Waals surface area contributed by atoms with Crippen LogP contribution in [0, 0.1) is 5.82 Å². The summed E-state index contributed by atoms with van der Waals surface area (Å²) in [5.41, 5.74) is 1.88. The second-order valence-electron chi connectivity index (χ2n) is 4.88. The van der Waals surface area contributed by atoms with Crippen LogP contribution in [0.4, 0.5) is 4.39 Å². The maximum Gasteiger partial charge on any atom is 0.225 e. The molecule has 0 aliphatic heterocycles. The zero-order chi connectivity index (χ0) is 15.4. The molecule has 1 unspecified atom stereocenters. The summed E-state index contributed by atoms with van der Waals surface area (Å²) in [6.07, 6.45) is 0.242. The molecule has 0 aliphatic rings. The van der Waals surface area contributed by atoms with Gasteiger partial charge in [0.2, 0.25) is 5.91 Å². The highest BCUT2D eigenvalue weighted by atomic mass is 32.1. The van der Waals surface area contributed by atoms with Crippen molar-refractivity contribution in [2.75, 3.05) is 0 Å². The van der Waals surface area contributed by atoms with Gasteiger partial charge in [-0.25, -0.2) is 4.39 Å². The third-order valence-electron chi connectivity index (χ3n) is 3.29. The Labute approximate surface area is 136 Å². The monoisotopic (exact) mass is 331 g/mol. The standard InChI is InChI=1S/C17H14FNOS2/c18-14-5-3-12(4-6-14)10-16(20)19-17(13-7-9-21-11-13)15-2-1-8-22-15/h1-9,11,17H,10H2,(H,19,20). The van der Waals surface area contributed by atoms with Gasteiger partial charge in [-0.1, -0.05) is 18.2 Å². The second-order valence-corrected chi connectivity index (χ2v) is 6.64. The summed E-state index contributed by atoms with van der Waals surface area (Å²) in [6, 6.07) is 11.9. The van der Waals surface area contributed by atoms with E-state index in [1.165, 1.54) is 12.1 Å². The fourth-order valence-electron chi connectivity index (χ4n) is 2.21. The summed E-state index contributed by atoms with van der Waals surface area (Å²) < 4.78 is 12.9. The molecular formula is C17H14FNOS2. The van der Waals surface area contributed by atoms with Crippen molar-refractivity contribution in [3.63, 3.8) is 0 Å². The molecule has 1 N–H and O–H groups in total. The fourth-order valence-corrected chi connectivity index (χ4v) is 3.70. The van der Waals surface area contributed by atoms with E-state index in [2.05, 4.69) is 5.32 Å². The average molecular weight is 331 g/mol. The number of nitrogens with one attached hydrogen (secondary N) is 1. The first kappa shape index (κ1) is 14.9. The summed E-state index contributed by atoms with van der Waals surface area (Å²) >= 11 is 3.23. The lowest BCUT2D eigenvalue weighted by Crippen LogP contribution is -2.29. The Kier molecular flexibility index (Phi) is 4.65. The van der Waals surface area contributed by atoms with Crippen LogP contribution >= 0.6 is 22.7 Å². The highest BCUT2D eigenvalue weighted by Gasteiger charge is 2.18. The quantitative estimate of drug-likeness (QED) is 0.738. The number of hydrogen-bond donors (Lipinski definition) is 1. The molecule has 0 aliphatic carbocycles. The van der Waals surface area contributed by atoms with Crippen LogP contribution in [-0.4, -0.2) is 5.91 Å². The molecule has 1 atom stereocenters. The molecule has 2 nitrogen and oxygen atoms in total. The normalized spacial score (nSPS) is 12.0. The number of carbonyl (C=O) groups is 1. The van der Waals surface area contributed by atoms with Gasteiger partial charge in [0.15, 0.2) is 0 Å². The van der Waals surface area contributed by atoms with Crippen molar-refractivity contribution in [2.45, 2.75) is 12.5 Å². The molecule has 0 saturated carbocycles. The van der Waals surface area contributed by atoms with Crippen LogP contribution in [0.25, 0.3) is 0 Å². The number of benzene rings is 1. The van der Waals surface area contributed by atoms with E-state index >= 15 is 0 Å². The van der Waals surface area contributed by atoms with Gasteiger partial charge >= 0.3 is 0 Å². The lowest BCUT2D eigenvalue weighted by Gasteiger charge is -2.16. The van der Waals surface area contributed by atoms with Gasteiger partial charge < -0.3 is 5.32 Å². The lowest BCUT2D eigenvalue weighted by atomic mass is 10.1. The van der Waals surface area contributed by atoms with E-state index < -0.39 is 0 Å². The molecule has 0 saturated heterocycles. The van der Waals surface area contributed by atoms with Gasteiger partial charge in [-0.3, -0.25) is 4.79 Å². The number of carbonyl (C=O) groups excluding carboxylic acids is 1. The summed E-state index contributed by atoms with van der Waals surface area (Å²) in [6.45, 7) is 0. The first-order valence-electron chi connectivity index (χ1n) is 6.81. The van der Waals surface area contributed by atoms with E-state index in [4.69, 9.17) is 0 Å². The highest BCUT2D eigenvalue weighted by Crippen LogP contribution is 2.27. The van der Waals surface area contributed by atoms with Crippen LogP contribution in [0.3, 0.4) is 0 Å². The Hall–Kier alpha value is -1.98. The third kappa shape index (κ3) is 3.61. The summed E-state index contributed by atoms with van der Waals surface area (Å²) in [5.74, 6) is -0.366. The van der Waals surface area contributed by atoms with Crippen LogP contribution in [0.2, 0.25) is 0 Å². The van der Waals surface area contributed by atoms with Gasteiger partial charge in [-0.15, -0.1) is 11.3 Å². The topological polar surface area (TPSA) is 29.1 Å². The first-order valence-corrected chi connectivity index (χ1v) is 8.64. The molecule has 2 aromatic heterocycles. The largest absolute Gasteiger partial charge is 0.344 e. The minimum atomic E-state index is -0.293. The molecular weight excluding hydrogens is 317 g/mol. The Morgan fingerprint density at radius 2 is 1.95 bits per heavy atom. The van der Waals surface area contributed by atoms with Gasteiger partial charge in [0, 0.05) is 4.88 Å². The molecule has 0 bridgehead atoms. The molecule has 2 heterocycles. The van der Waals surface area contributed by atoms with Crippen LogP contribution in [0.15, 0.2) is 58.6 Å². The van der Waals surface area contributed by atoms with Crippen LogP contribution in [-0.2, 0) is 11.2 Å². The molecule has 112 valence electrons. The van der Waals surface area contributed by atoms with Crippen LogP contribution in [0.1, 0.15) is 22.0 Å². The van der Waals surface area contributed by atoms with Gasteiger partial charge in [0.05, 0.1) is 12.5 Å². The molecule has 22 heavy (non-hydrogen) atoms. The van der Waals surface area contributed by atoms with Crippen molar-refractivity contribution >= 4 is 28.6 Å². The second kappa shape index (κ2) is 6.85. The minimum Gasteiger partial charge on any atom is -0.344 e. The van der Waals surface area contributed by atoms with Crippen molar-refractivity contribution < 1.29 is 9.18 Å². The Morgan fingerprint density at radius 1 is 1.14 bits per heavy atom. The zero-order valence-electron chi connectivity index (χ0n) is 11.7.